The summed E-state index contributed by atoms with van der Waals surface area (Å²) >= 11 is 1.28. The lowest BCUT2D eigenvalue weighted by atomic mass is 10.0. The molecule has 0 fully saturated rings. The summed E-state index contributed by atoms with van der Waals surface area (Å²) in [4.78, 5) is 23.4. The van der Waals surface area contributed by atoms with Crippen molar-refractivity contribution in [3.05, 3.63) is 0 Å². The Hall–Kier alpha value is -0.710. The fourth-order valence-electron chi connectivity index (χ4n) is 4.91. The quantitative estimate of drug-likeness (QED) is 0.0594. The van der Waals surface area contributed by atoms with Gasteiger partial charge in [-0.25, -0.2) is 0 Å². The Morgan fingerprint density at radius 1 is 0.385 bits per heavy atom. The molecule has 0 spiro atoms. The van der Waals surface area contributed by atoms with E-state index in [9.17, 15) is 9.59 Å². The highest BCUT2D eigenvalue weighted by molar-refractivity contribution is 8.00. The van der Waals surface area contributed by atoms with E-state index in [-0.39, 0.29) is 23.4 Å². The standard InChI is InChI=1S/C34H66O4S/c1-3-5-7-9-10-11-12-13-14-15-16-17-18-19-20-21-22-23-24-25-26-28-30-38-34(36)32-39-31-33(35)37-29-27-8-6-4-2/h3-32H2,1-2H3. The van der Waals surface area contributed by atoms with Crippen molar-refractivity contribution in [1.29, 1.82) is 0 Å². The van der Waals surface area contributed by atoms with Crippen LogP contribution in [0.4, 0.5) is 0 Å². The molecule has 0 unspecified atom stereocenters. The first kappa shape index (κ1) is 38.3. The predicted octanol–water partition coefficient (Wildman–Crippen LogP) is 11.0. The fourth-order valence-corrected chi connectivity index (χ4v) is 5.51. The van der Waals surface area contributed by atoms with E-state index in [1.165, 1.54) is 153 Å². The molecule has 232 valence electrons. The second-order valence-electron chi connectivity index (χ2n) is 11.4. The molecule has 0 aliphatic carbocycles. The van der Waals surface area contributed by atoms with Crippen LogP contribution in [0.25, 0.3) is 0 Å². The molecule has 0 rings (SSSR count). The van der Waals surface area contributed by atoms with Gasteiger partial charge in [0.15, 0.2) is 0 Å². The summed E-state index contributed by atoms with van der Waals surface area (Å²) in [5, 5.41) is 0. The van der Waals surface area contributed by atoms with E-state index in [0.29, 0.717) is 13.2 Å². The molecule has 0 radical (unpaired) electrons. The summed E-state index contributed by atoms with van der Waals surface area (Å²) in [5.74, 6) is -0.00452. The van der Waals surface area contributed by atoms with Gasteiger partial charge >= 0.3 is 11.9 Å². The first-order valence-corrected chi connectivity index (χ1v) is 18.2. The fraction of sp³-hybridized carbons (Fsp3) is 0.941. The molecule has 0 aromatic rings. The number of carbonyl (C=O) groups excluding carboxylic acids is 2. The first-order chi connectivity index (χ1) is 19.2. The van der Waals surface area contributed by atoms with Crippen LogP contribution in [0.15, 0.2) is 0 Å². The molecule has 0 saturated heterocycles. The molecule has 39 heavy (non-hydrogen) atoms. The third-order valence-electron chi connectivity index (χ3n) is 7.46. The van der Waals surface area contributed by atoms with Crippen LogP contribution in [0.1, 0.15) is 181 Å². The van der Waals surface area contributed by atoms with Crippen molar-refractivity contribution in [3.63, 3.8) is 0 Å². The van der Waals surface area contributed by atoms with Crippen molar-refractivity contribution in [2.45, 2.75) is 181 Å². The third-order valence-corrected chi connectivity index (χ3v) is 8.34. The van der Waals surface area contributed by atoms with Gasteiger partial charge in [0.05, 0.1) is 24.7 Å². The van der Waals surface area contributed by atoms with Crippen molar-refractivity contribution in [2.75, 3.05) is 24.7 Å². The SMILES string of the molecule is CCCCCCCCCCCCCCCCCCCCCCCCOC(=O)CSCC(=O)OCCCCCC. The molecule has 0 heterocycles. The normalized spacial score (nSPS) is 11.1. The molecule has 0 aromatic carbocycles. The molecule has 0 saturated carbocycles. The van der Waals surface area contributed by atoms with Gasteiger partial charge in [0, 0.05) is 0 Å². The molecule has 4 nitrogen and oxygen atoms in total. The van der Waals surface area contributed by atoms with Gasteiger partial charge in [-0.2, -0.15) is 0 Å². The zero-order chi connectivity index (χ0) is 28.5. The van der Waals surface area contributed by atoms with E-state index in [2.05, 4.69) is 13.8 Å². The topological polar surface area (TPSA) is 52.6 Å². The van der Waals surface area contributed by atoms with E-state index in [1.54, 1.807) is 0 Å². The maximum absolute atomic E-state index is 11.8. The Morgan fingerprint density at radius 3 is 0.897 bits per heavy atom. The molecule has 0 aromatic heterocycles. The summed E-state index contributed by atoms with van der Waals surface area (Å²) in [6.07, 6.45) is 34.6. The smallest absolute Gasteiger partial charge is 0.315 e. The van der Waals surface area contributed by atoms with Gasteiger partial charge in [0.25, 0.3) is 0 Å². The number of hydrogen-bond acceptors (Lipinski definition) is 5. The number of thioether (sulfide) groups is 1. The average molecular weight is 571 g/mol. The van der Waals surface area contributed by atoms with Gasteiger partial charge in [-0.3, -0.25) is 9.59 Å². The molecular weight excluding hydrogens is 504 g/mol. The van der Waals surface area contributed by atoms with Gasteiger partial charge in [0.1, 0.15) is 0 Å². The number of unbranched alkanes of at least 4 members (excludes halogenated alkanes) is 24. The number of esters is 2. The van der Waals surface area contributed by atoms with Gasteiger partial charge < -0.3 is 9.47 Å². The Kier molecular flexibility index (Phi) is 32.9. The van der Waals surface area contributed by atoms with Crippen molar-refractivity contribution >= 4 is 23.7 Å². The summed E-state index contributed by atoms with van der Waals surface area (Å²) in [5.41, 5.74) is 0. The number of hydrogen-bond donors (Lipinski definition) is 0. The zero-order valence-electron chi connectivity index (χ0n) is 26.3. The highest BCUT2D eigenvalue weighted by Crippen LogP contribution is 2.15. The molecule has 0 N–H and O–H groups in total. The van der Waals surface area contributed by atoms with E-state index in [0.717, 1.165) is 25.7 Å². The summed E-state index contributed by atoms with van der Waals surface area (Å²) in [7, 11) is 0. The van der Waals surface area contributed by atoms with Gasteiger partial charge in [-0.15, -0.1) is 11.8 Å². The minimum Gasteiger partial charge on any atom is -0.465 e. The van der Waals surface area contributed by atoms with Crippen LogP contribution in [-0.2, 0) is 19.1 Å². The van der Waals surface area contributed by atoms with Crippen LogP contribution >= 0.6 is 11.8 Å². The monoisotopic (exact) mass is 570 g/mol. The van der Waals surface area contributed by atoms with Crippen LogP contribution in [0, 0.1) is 0 Å². The summed E-state index contributed by atoms with van der Waals surface area (Å²) < 4.78 is 10.5. The minimum atomic E-state index is -0.233. The van der Waals surface area contributed by atoms with Crippen LogP contribution in [0.3, 0.4) is 0 Å². The number of carbonyl (C=O) groups is 2. The van der Waals surface area contributed by atoms with E-state index >= 15 is 0 Å². The minimum absolute atomic E-state index is 0.223. The molecule has 0 atom stereocenters. The number of rotatable bonds is 32. The summed E-state index contributed by atoms with van der Waals surface area (Å²) in [6, 6.07) is 0. The Bertz CT molecular complexity index is 511. The van der Waals surface area contributed by atoms with E-state index < -0.39 is 0 Å². The molecular formula is C34H66O4S. The third kappa shape index (κ3) is 33.4. The van der Waals surface area contributed by atoms with E-state index in [1.807, 2.05) is 0 Å². The highest BCUT2D eigenvalue weighted by Gasteiger charge is 2.07. The van der Waals surface area contributed by atoms with Crippen LogP contribution < -0.4 is 0 Å². The maximum atomic E-state index is 11.8. The molecule has 0 amide bonds. The van der Waals surface area contributed by atoms with Gasteiger partial charge in [0.2, 0.25) is 0 Å². The van der Waals surface area contributed by atoms with Crippen molar-refractivity contribution in [1.82, 2.24) is 0 Å². The van der Waals surface area contributed by atoms with Gasteiger partial charge in [-0.05, 0) is 12.8 Å². The Balaban J connectivity index is 3.19. The second-order valence-corrected chi connectivity index (χ2v) is 12.4. The lowest BCUT2D eigenvalue weighted by molar-refractivity contribution is -0.140. The maximum Gasteiger partial charge on any atom is 0.315 e. The van der Waals surface area contributed by atoms with Crippen LogP contribution in [0.2, 0.25) is 0 Å². The van der Waals surface area contributed by atoms with Crippen molar-refractivity contribution in [3.8, 4) is 0 Å². The highest BCUT2D eigenvalue weighted by atomic mass is 32.2. The zero-order valence-corrected chi connectivity index (χ0v) is 27.1. The number of ether oxygens (including phenoxy) is 2. The largest absolute Gasteiger partial charge is 0.465 e. The second kappa shape index (κ2) is 33.5. The first-order valence-electron chi connectivity index (χ1n) is 17.1. The Labute approximate surface area is 247 Å². The summed E-state index contributed by atoms with van der Waals surface area (Å²) in [6.45, 7) is 5.44. The Morgan fingerprint density at radius 2 is 0.615 bits per heavy atom. The average Bonchev–Trinajstić information content (AvgIpc) is 2.93. The molecule has 0 aliphatic heterocycles. The van der Waals surface area contributed by atoms with Gasteiger partial charge in [-0.1, -0.05) is 168 Å². The van der Waals surface area contributed by atoms with Crippen LogP contribution in [-0.4, -0.2) is 36.7 Å². The van der Waals surface area contributed by atoms with Crippen molar-refractivity contribution in [2.24, 2.45) is 0 Å². The molecule has 0 aliphatic rings. The predicted molar refractivity (Wildman–Crippen MR) is 171 cm³/mol. The lowest BCUT2D eigenvalue weighted by Gasteiger charge is -2.06. The van der Waals surface area contributed by atoms with Crippen LogP contribution in [0.5, 0.6) is 0 Å². The lowest BCUT2D eigenvalue weighted by Crippen LogP contribution is -2.13. The van der Waals surface area contributed by atoms with Crippen molar-refractivity contribution < 1.29 is 19.1 Å². The molecule has 0 bridgehead atoms. The van der Waals surface area contributed by atoms with E-state index in [4.69, 9.17) is 9.47 Å². The molecule has 5 heteroatoms.